The fraction of sp³-hybridized carbons (Fsp3) is 0.364. The quantitative estimate of drug-likeness (QED) is 0.256. The van der Waals surface area contributed by atoms with Gasteiger partial charge in [0.25, 0.3) is 5.91 Å². The molecule has 10 nitrogen and oxygen atoms in total. The molecular formula is C33H35Cl2N3O7S. The number of sulfonamides is 1. The number of carboxylic acid groups (broad SMARTS) is 1. The lowest BCUT2D eigenvalue weighted by Crippen LogP contribution is -2.59. The highest BCUT2D eigenvalue weighted by Crippen LogP contribution is 2.48. The Bertz CT molecular complexity index is 1750. The molecule has 1 fully saturated rings. The van der Waals surface area contributed by atoms with Gasteiger partial charge in [-0.2, -0.15) is 0 Å². The smallest absolute Gasteiger partial charge is 0.341 e. The van der Waals surface area contributed by atoms with Crippen LogP contribution >= 0.6 is 23.2 Å². The van der Waals surface area contributed by atoms with Crippen LogP contribution in [0.5, 0.6) is 5.75 Å². The summed E-state index contributed by atoms with van der Waals surface area (Å²) in [6.07, 6.45) is 3.70. The van der Waals surface area contributed by atoms with Gasteiger partial charge in [0.2, 0.25) is 15.9 Å². The summed E-state index contributed by atoms with van der Waals surface area (Å²) < 4.78 is 32.9. The van der Waals surface area contributed by atoms with Gasteiger partial charge in [0.1, 0.15) is 5.75 Å². The normalized spacial score (nSPS) is 22.1. The Morgan fingerprint density at radius 3 is 2.48 bits per heavy atom. The van der Waals surface area contributed by atoms with E-state index in [2.05, 4.69) is 10.0 Å². The third-order valence-corrected chi connectivity index (χ3v) is 9.76. The Kier molecular flexibility index (Phi) is 10.3. The number of carboxylic acids is 1. The minimum Gasteiger partial charge on any atom is -0.482 e. The molecule has 1 aliphatic carbocycles. The van der Waals surface area contributed by atoms with Crippen molar-refractivity contribution >= 4 is 51.0 Å². The van der Waals surface area contributed by atoms with Gasteiger partial charge in [-0.15, -0.1) is 0 Å². The summed E-state index contributed by atoms with van der Waals surface area (Å²) in [6, 6.07) is 16.1. The molecule has 3 N–H and O–H groups in total. The Balaban J connectivity index is 1.60. The van der Waals surface area contributed by atoms with Crippen molar-refractivity contribution in [1.29, 1.82) is 0 Å². The number of hydrogen-bond acceptors (Lipinski definition) is 6. The van der Waals surface area contributed by atoms with E-state index >= 15 is 0 Å². The number of halogens is 2. The Labute approximate surface area is 278 Å². The molecule has 3 aromatic carbocycles. The summed E-state index contributed by atoms with van der Waals surface area (Å²) in [6.45, 7) is 1.29. The zero-order valence-corrected chi connectivity index (χ0v) is 27.6. The number of aliphatic carboxylic acids is 1. The molecule has 1 heterocycles. The van der Waals surface area contributed by atoms with Crippen LogP contribution in [0, 0.1) is 0 Å². The first-order valence-corrected chi connectivity index (χ1v) is 17.6. The van der Waals surface area contributed by atoms with Crippen molar-refractivity contribution < 1.29 is 32.6 Å². The van der Waals surface area contributed by atoms with Gasteiger partial charge in [-0.1, -0.05) is 72.4 Å². The molecule has 2 aliphatic rings. The molecular weight excluding hydrogens is 653 g/mol. The van der Waals surface area contributed by atoms with Gasteiger partial charge in [0, 0.05) is 27.7 Å². The van der Waals surface area contributed by atoms with Gasteiger partial charge >= 0.3 is 5.97 Å². The molecule has 244 valence electrons. The fourth-order valence-corrected chi connectivity index (χ4v) is 7.88. The van der Waals surface area contributed by atoms with Crippen LogP contribution < -0.4 is 14.8 Å². The van der Waals surface area contributed by atoms with Crippen molar-refractivity contribution in [2.24, 2.45) is 0 Å². The number of benzene rings is 3. The van der Waals surface area contributed by atoms with Crippen LogP contribution in [0.1, 0.15) is 77.7 Å². The zero-order valence-electron chi connectivity index (χ0n) is 25.3. The van der Waals surface area contributed by atoms with Gasteiger partial charge in [-0.05, 0) is 66.8 Å². The number of fused-ring (bicyclic) bond motifs is 1. The number of ether oxygens (including phenoxy) is 1. The zero-order chi connectivity index (χ0) is 33.2. The first-order valence-electron chi connectivity index (χ1n) is 14.9. The maximum atomic E-state index is 14.5. The molecule has 1 aliphatic heterocycles. The monoisotopic (exact) mass is 687 g/mol. The Morgan fingerprint density at radius 2 is 1.76 bits per heavy atom. The lowest BCUT2D eigenvalue weighted by atomic mass is 9.76. The topological polar surface area (TPSA) is 142 Å². The molecule has 2 amide bonds. The van der Waals surface area contributed by atoms with Crippen molar-refractivity contribution in [3.05, 3.63) is 99.0 Å². The maximum Gasteiger partial charge on any atom is 0.341 e. The standard InChI is InChI=1S/C33H35Cl2N3O7S/c1-19(20-8-7-9-22(16-20)45-18-29(39)40)36-32(41)30-23-10-3-4-11-24(23)33(42)38(31(30)25-15-14-21(34)17-26(25)35)28-13-6-5-12-27(28)37-46(2,43)44/h3-4,7-11,14-17,19,27-28,30-31,37H,5-6,12-13,18H2,1-2H3,(H,36,41)(H,39,40)/t19?,27-,28-,30+,31-/m0/s1. The van der Waals surface area contributed by atoms with Crippen molar-refractivity contribution in [2.75, 3.05) is 12.9 Å². The van der Waals surface area contributed by atoms with Crippen LogP contribution in [0.2, 0.25) is 10.0 Å². The molecule has 5 atom stereocenters. The number of hydrogen-bond donors (Lipinski definition) is 3. The fourth-order valence-electron chi connectivity index (χ4n) is 6.53. The summed E-state index contributed by atoms with van der Waals surface area (Å²) in [5.41, 5.74) is 2.06. The second-order valence-electron chi connectivity index (χ2n) is 11.7. The second kappa shape index (κ2) is 14.0. The van der Waals surface area contributed by atoms with E-state index in [-0.39, 0.29) is 16.8 Å². The average Bonchev–Trinajstić information content (AvgIpc) is 3.00. The number of rotatable bonds is 10. The summed E-state index contributed by atoms with van der Waals surface area (Å²) in [4.78, 5) is 41.6. The predicted octanol–water partition coefficient (Wildman–Crippen LogP) is 5.48. The molecule has 3 aromatic rings. The maximum absolute atomic E-state index is 14.5. The molecule has 0 aromatic heterocycles. The predicted molar refractivity (Wildman–Crippen MR) is 175 cm³/mol. The van der Waals surface area contributed by atoms with Crippen LogP contribution in [-0.4, -0.2) is 61.2 Å². The molecule has 0 bridgehead atoms. The van der Waals surface area contributed by atoms with E-state index in [9.17, 15) is 22.8 Å². The van der Waals surface area contributed by atoms with Gasteiger partial charge in [0.05, 0.1) is 24.3 Å². The van der Waals surface area contributed by atoms with Crippen molar-refractivity contribution in [3.63, 3.8) is 0 Å². The van der Waals surface area contributed by atoms with Gasteiger partial charge in [-0.3, -0.25) is 9.59 Å². The van der Waals surface area contributed by atoms with Crippen LogP contribution in [0.15, 0.2) is 66.7 Å². The summed E-state index contributed by atoms with van der Waals surface area (Å²) in [5.74, 6) is -2.40. The molecule has 13 heteroatoms. The number of nitrogens with one attached hydrogen (secondary N) is 2. The van der Waals surface area contributed by atoms with Crippen molar-refractivity contribution in [2.45, 2.75) is 62.7 Å². The average molecular weight is 689 g/mol. The van der Waals surface area contributed by atoms with Crippen LogP contribution in [-0.2, 0) is 19.6 Å². The van der Waals surface area contributed by atoms with E-state index in [0.29, 0.717) is 45.9 Å². The highest BCUT2D eigenvalue weighted by molar-refractivity contribution is 7.88. The summed E-state index contributed by atoms with van der Waals surface area (Å²) >= 11 is 13.1. The van der Waals surface area contributed by atoms with Crippen LogP contribution in [0.4, 0.5) is 0 Å². The molecule has 0 saturated heterocycles. The Hall–Kier alpha value is -3.64. The Morgan fingerprint density at radius 1 is 1.02 bits per heavy atom. The van der Waals surface area contributed by atoms with Gasteiger partial charge in [0.15, 0.2) is 6.61 Å². The summed E-state index contributed by atoms with van der Waals surface area (Å²) in [5, 5.41) is 12.7. The number of nitrogens with zero attached hydrogens (tertiary/aromatic N) is 1. The number of carbonyl (C=O) groups is 3. The van der Waals surface area contributed by atoms with Crippen LogP contribution in [0.3, 0.4) is 0 Å². The van der Waals surface area contributed by atoms with E-state index < -0.39 is 52.7 Å². The molecule has 1 saturated carbocycles. The number of amides is 2. The van der Waals surface area contributed by atoms with E-state index in [1.165, 1.54) is 0 Å². The molecule has 0 radical (unpaired) electrons. The lowest BCUT2D eigenvalue weighted by molar-refractivity contribution is -0.139. The lowest BCUT2D eigenvalue weighted by Gasteiger charge is -2.49. The van der Waals surface area contributed by atoms with E-state index in [1.54, 1.807) is 78.6 Å². The third-order valence-electron chi connectivity index (χ3n) is 8.47. The number of carbonyl (C=O) groups excluding carboxylic acids is 2. The molecule has 1 unspecified atom stereocenters. The highest BCUT2D eigenvalue weighted by atomic mass is 35.5. The van der Waals surface area contributed by atoms with Crippen molar-refractivity contribution in [3.8, 4) is 5.75 Å². The minimum atomic E-state index is -3.61. The SMILES string of the molecule is CC(NC(=O)[C@@H]1c2ccccc2C(=O)N([C@H]2CCCC[C@@H]2NS(C)(=O)=O)[C@H]1c1ccc(Cl)cc1Cl)c1cccc(OCC(=O)O)c1. The van der Waals surface area contributed by atoms with E-state index in [0.717, 1.165) is 19.1 Å². The molecule has 0 spiro atoms. The van der Waals surface area contributed by atoms with Gasteiger partial charge < -0.3 is 20.1 Å². The minimum absolute atomic E-state index is 0.271. The first kappa shape index (κ1) is 33.7. The largest absolute Gasteiger partial charge is 0.482 e. The third kappa shape index (κ3) is 7.49. The summed E-state index contributed by atoms with van der Waals surface area (Å²) in [7, 11) is -3.61. The van der Waals surface area contributed by atoms with Crippen molar-refractivity contribution in [1.82, 2.24) is 14.9 Å². The highest BCUT2D eigenvalue weighted by Gasteiger charge is 2.49. The van der Waals surface area contributed by atoms with Crippen LogP contribution in [0.25, 0.3) is 0 Å². The van der Waals surface area contributed by atoms with E-state index in [1.807, 2.05) is 0 Å². The molecule has 5 rings (SSSR count). The second-order valence-corrected chi connectivity index (χ2v) is 14.3. The molecule has 46 heavy (non-hydrogen) atoms. The van der Waals surface area contributed by atoms with Gasteiger partial charge in [-0.25, -0.2) is 17.9 Å². The first-order chi connectivity index (χ1) is 21.8. The van der Waals surface area contributed by atoms with E-state index in [4.69, 9.17) is 33.0 Å².